The molecule has 2 rings (SSSR count). The number of sulfone groups is 1. The van der Waals surface area contributed by atoms with Crippen LogP contribution in [0.2, 0.25) is 0 Å². The molecule has 1 atom stereocenters. The molecule has 1 aromatic rings. The van der Waals surface area contributed by atoms with Crippen molar-refractivity contribution in [3.05, 3.63) is 24.3 Å². The molecule has 1 amide bonds. The zero-order valence-corrected chi connectivity index (χ0v) is 14.4. The van der Waals surface area contributed by atoms with Gasteiger partial charge in [0.15, 0.2) is 9.84 Å². The molecule has 0 spiro atoms. The minimum atomic E-state index is -3.80. The molecule has 23 heavy (non-hydrogen) atoms. The molecule has 10 heteroatoms. The predicted molar refractivity (Wildman–Crippen MR) is 85.9 cm³/mol. The number of nitrogens with one attached hydrogen (secondary N) is 2. The Bertz CT molecular complexity index is 787. The van der Waals surface area contributed by atoms with E-state index in [9.17, 15) is 21.6 Å². The van der Waals surface area contributed by atoms with Crippen LogP contribution < -0.4 is 10.1 Å². The second kappa shape index (κ2) is 6.56. The number of hydrogen-bond acceptors (Lipinski definition) is 6. The molecule has 0 aromatic heterocycles. The maximum absolute atomic E-state index is 12.3. The van der Waals surface area contributed by atoms with E-state index in [-0.39, 0.29) is 29.6 Å². The van der Waals surface area contributed by atoms with Crippen LogP contribution in [0.1, 0.15) is 13.8 Å². The summed E-state index contributed by atoms with van der Waals surface area (Å²) in [4.78, 5) is 13.4. The number of sulfonamides is 1. The fourth-order valence-corrected chi connectivity index (χ4v) is 4.57. The molecule has 1 aliphatic heterocycles. The molecule has 1 heterocycles. The van der Waals surface area contributed by atoms with E-state index in [0.717, 1.165) is 0 Å². The van der Waals surface area contributed by atoms with E-state index in [1.165, 1.54) is 36.2 Å². The Labute approximate surface area is 135 Å². The Hall–Kier alpha value is -1.49. The molecule has 0 saturated carbocycles. The van der Waals surface area contributed by atoms with Crippen molar-refractivity contribution < 1.29 is 21.6 Å². The minimum absolute atomic E-state index is 0.0349. The topological polar surface area (TPSA) is 113 Å². The molecule has 2 N–H and O–H groups in total. The summed E-state index contributed by atoms with van der Waals surface area (Å²) in [7, 11) is -6.95. The standard InChI is InChI=1S/C13H19N3O5S2/c1-10-9-16(7-8-22(10,18)19)15-23(20,21)13-5-3-12(4-6-13)14-11(2)17/h3-6,10,15H,7-9H2,1-2H3,(H,14,17). The van der Waals surface area contributed by atoms with Gasteiger partial charge in [-0.1, -0.05) is 0 Å². The third-order valence-corrected chi connectivity index (χ3v) is 6.99. The van der Waals surface area contributed by atoms with Crippen molar-refractivity contribution in [1.29, 1.82) is 0 Å². The van der Waals surface area contributed by atoms with Crippen LogP contribution in [0.5, 0.6) is 0 Å². The zero-order valence-electron chi connectivity index (χ0n) is 12.8. The van der Waals surface area contributed by atoms with E-state index in [1.54, 1.807) is 6.92 Å². The van der Waals surface area contributed by atoms with Crippen molar-refractivity contribution in [2.45, 2.75) is 24.0 Å². The minimum Gasteiger partial charge on any atom is -0.326 e. The molecule has 0 radical (unpaired) electrons. The van der Waals surface area contributed by atoms with E-state index >= 15 is 0 Å². The van der Waals surface area contributed by atoms with Crippen molar-refractivity contribution in [2.75, 3.05) is 24.2 Å². The Morgan fingerprint density at radius 2 is 1.87 bits per heavy atom. The molecule has 1 aromatic carbocycles. The number of hydrogen-bond donors (Lipinski definition) is 2. The largest absolute Gasteiger partial charge is 0.326 e. The maximum Gasteiger partial charge on any atom is 0.253 e. The van der Waals surface area contributed by atoms with Crippen molar-refractivity contribution in [1.82, 2.24) is 9.84 Å². The summed E-state index contributed by atoms with van der Waals surface area (Å²) in [6.07, 6.45) is 0. The van der Waals surface area contributed by atoms with Crippen LogP contribution in [0, 0.1) is 0 Å². The molecule has 1 aliphatic rings. The summed E-state index contributed by atoms with van der Waals surface area (Å²) < 4.78 is 47.9. The van der Waals surface area contributed by atoms with E-state index in [4.69, 9.17) is 0 Å². The lowest BCUT2D eigenvalue weighted by molar-refractivity contribution is -0.114. The summed E-state index contributed by atoms with van der Waals surface area (Å²) in [5, 5.41) is 3.32. The Morgan fingerprint density at radius 3 is 2.39 bits per heavy atom. The highest BCUT2D eigenvalue weighted by molar-refractivity contribution is 7.92. The smallest absolute Gasteiger partial charge is 0.253 e. The fourth-order valence-electron chi connectivity index (χ4n) is 2.18. The molecule has 128 valence electrons. The number of carbonyl (C=O) groups excluding carboxylic acids is 1. The van der Waals surface area contributed by atoms with Crippen LogP contribution in [0.15, 0.2) is 29.2 Å². The van der Waals surface area contributed by atoms with Crippen LogP contribution in [-0.2, 0) is 24.7 Å². The van der Waals surface area contributed by atoms with Gasteiger partial charge in [-0.3, -0.25) is 4.79 Å². The van der Waals surface area contributed by atoms with E-state index in [0.29, 0.717) is 5.69 Å². The van der Waals surface area contributed by atoms with Gasteiger partial charge >= 0.3 is 0 Å². The first-order valence-electron chi connectivity index (χ1n) is 6.97. The number of amides is 1. The average Bonchev–Trinajstić information content (AvgIpc) is 2.43. The van der Waals surface area contributed by atoms with Gasteiger partial charge in [0.2, 0.25) is 5.91 Å². The van der Waals surface area contributed by atoms with Crippen LogP contribution in [0.25, 0.3) is 0 Å². The van der Waals surface area contributed by atoms with Crippen LogP contribution in [0.4, 0.5) is 5.69 Å². The SMILES string of the molecule is CC(=O)Nc1ccc(S(=O)(=O)NN2CCS(=O)(=O)C(C)C2)cc1. The first-order valence-corrected chi connectivity index (χ1v) is 10.2. The lowest BCUT2D eigenvalue weighted by Gasteiger charge is -2.30. The highest BCUT2D eigenvalue weighted by atomic mass is 32.2. The summed E-state index contributed by atoms with van der Waals surface area (Å²) in [6, 6.07) is 5.72. The number of benzene rings is 1. The fraction of sp³-hybridized carbons (Fsp3) is 0.462. The number of anilines is 1. The van der Waals surface area contributed by atoms with Gasteiger partial charge in [0.1, 0.15) is 0 Å². The quantitative estimate of drug-likeness (QED) is 0.778. The Kier molecular flexibility index (Phi) is 5.09. The molecular formula is C13H19N3O5S2. The van der Waals surface area contributed by atoms with Gasteiger partial charge in [0, 0.05) is 25.7 Å². The number of carbonyl (C=O) groups is 1. The highest BCUT2D eigenvalue weighted by Crippen LogP contribution is 2.16. The van der Waals surface area contributed by atoms with Crippen LogP contribution >= 0.6 is 0 Å². The van der Waals surface area contributed by atoms with E-state index < -0.39 is 25.1 Å². The number of nitrogens with zero attached hydrogens (tertiary/aromatic N) is 1. The second-order valence-corrected chi connectivity index (χ2v) is 9.62. The van der Waals surface area contributed by atoms with E-state index in [1.807, 2.05) is 0 Å². The molecule has 0 aliphatic carbocycles. The normalized spacial score (nSPS) is 21.7. The number of hydrazine groups is 1. The third kappa shape index (κ3) is 4.50. The van der Waals surface area contributed by atoms with Crippen molar-refractivity contribution in [3.63, 3.8) is 0 Å². The molecule has 8 nitrogen and oxygen atoms in total. The highest BCUT2D eigenvalue weighted by Gasteiger charge is 2.31. The lowest BCUT2D eigenvalue weighted by atomic mass is 10.3. The van der Waals surface area contributed by atoms with Gasteiger partial charge < -0.3 is 5.32 Å². The van der Waals surface area contributed by atoms with Gasteiger partial charge in [0.05, 0.1) is 15.9 Å². The second-order valence-electron chi connectivity index (χ2n) is 5.42. The summed E-state index contributed by atoms with van der Waals surface area (Å²) in [6.45, 7) is 3.12. The van der Waals surface area contributed by atoms with Crippen molar-refractivity contribution in [2.24, 2.45) is 0 Å². The van der Waals surface area contributed by atoms with Crippen molar-refractivity contribution in [3.8, 4) is 0 Å². The summed E-state index contributed by atoms with van der Waals surface area (Å²) in [5.74, 6) is -0.333. The van der Waals surface area contributed by atoms with Crippen LogP contribution in [-0.4, -0.2) is 51.8 Å². The molecule has 1 saturated heterocycles. The Morgan fingerprint density at radius 1 is 1.26 bits per heavy atom. The molecule has 1 fully saturated rings. The summed E-state index contributed by atoms with van der Waals surface area (Å²) in [5.41, 5.74) is 0.495. The summed E-state index contributed by atoms with van der Waals surface area (Å²) >= 11 is 0. The van der Waals surface area contributed by atoms with Gasteiger partial charge in [-0.2, -0.15) is 0 Å². The monoisotopic (exact) mass is 361 g/mol. The van der Waals surface area contributed by atoms with Gasteiger partial charge in [-0.05, 0) is 31.2 Å². The predicted octanol–water partition coefficient (Wildman–Crippen LogP) is -0.0428. The van der Waals surface area contributed by atoms with Crippen molar-refractivity contribution >= 4 is 31.5 Å². The van der Waals surface area contributed by atoms with Gasteiger partial charge in [0.25, 0.3) is 10.0 Å². The zero-order chi connectivity index (χ0) is 17.3. The van der Waals surface area contributed by atoms with Gasteiger partial charge in [-0.15, -0.1) is 4.83 Å². The number of rotatable bonds is 4. The third-order valence-electron chi connectivity index (χ3n) is 3.47. The van der Waals surface area contributed by atoms with E-state index in [2.05, 4.69) is 10.1 Å². The Balaban J connectivity index is 2.09. The molecule has 1 unspecified atom stereocenters. The first-order chi connectivity index (χ1) is 10.6. The average molecular weight is 361 g/mol. The first kappa shape index (κ1) is 17.9. The molecular weight excluding hydrogens is 342 g/mol. The molecule has 0 bridgehead atoms. The van der Waals surface area contributed by atoms with Crippen LogP contribution in [0.3, 0.4) is 0 Å². The van der Waals surface area contributed by atoms with Gasteiger partial charge in [-0.25, -0.2) is 21.8 Å². The maximum atomic E-state index is 12.3. The lowest BCUT2D eigenvalue weighted by Crippen LogP contribution is -2.53.